The number of rotatable bonds is 2. The molecule has 2 aliphatic rings. The molecule has 25 heavy (non-hydrogen) atoms. The third-order valence-corrected chi connectivity index (χ3v) is 4.87. The molecule has 1 aromatic carbocycles. The van der Waals surface area contributed by atoms with Crippen LogP contribution in [0.4, 0.5) is 8.78 Å². The first-order valence-electron chi connectivity index (χ1n) is 7.92. The number of amidine groups is 1. The molecule has 1 unspecified atom stereocenters. The number of pyridine rings is 1. The highest BCUT2D eigenvalue weighted by molar-refractivity contribution is 7.80. The summed E-state index contributed by atoms with van der Waals surface area (Å²) in [7, 11) is 0. The van der Waals surface area contributed by atoms with Crippen LogP contribution < -0.4 is 5.32 Å². The van der Waals surface area contributed by atoms with Crippen molar-refractivity contribution in [3.63, 3.8) is 0 Å². The first-order chi connectivity index (χ1) is 11.9. The molecule has 2 aliphatic heterocycles. The van der Waals surface area contributed by atoms with Crippen LogP contribution in [0.5, 0.6) is 0 Å². The molecule has 7 heteroatoms. The molecule has 4 nitrogen and oxygen atoms in total. The van der Waals surface area contributed by atoms with Gasteiger partial charge in [0.15, 0.2) is 5.11 Å². The Balaban J connectivity index is 1.97. The molecule has 4 rings (SSSR count). The van der Waals surface area contributed by atoms with Gasteiger partial charge in [0.25, 0.3) is 5.92 Å². The van der Waals surface area contributed by atoms with E-state index in [4.69, 9.17) is 12.2 Å². The van der Waals surface area contributed by atoms with Crippen molar-refractivity contribution in [1.82, 2.24) is 15.2 Å². The Morgan fingerprint density at radius 3 is 2.64 bits per heavy atom. The van der Waals surface area contributed by atoms with Gasteiger partial charge in [-0.15, -0.1) is 0 Å². The Kier molecular flexibility index (Phi) is 3.57. The van der Waals surface area contributed by atoms with Crippen LogP contribution in [-0.4, -0.2) is 39.8 Å². The van der Waals surface area contributed by atoms with Gasteiger partial charge in [-0.3, -0.25) is 14.9 Å². The van der Waals surface area contributed by atoms with E-state index in [2.05, 4.69) is 15.3 Å². The maximum absolute atomic E-state index is 13.9. The van der Waals surface area contributed by atoms with Gasteiger partial charge in [-0.1, -0.05) is 29.8 Å². The number of thiocarbonyl (C=S) groups is 1. The number of alkyl halides is 2. The van der Waals surface area contributed by atoms with Crippen LogP contribution >= 0.6 is 12.2 Å². The highest BCUT2D eigenvalue weighted by Crippen LogP contribution is 2.40. The molecule has 128 valence electrons. The summed E-state index contributed by atoms with van der Waals surface area (Å²) in [6.45, 7) is 0.990. The lowest BCUT2D eigenvalue weighted by Crippen LogP contribution is -2.50. The van der Waals surface area contributed by atoms with Crippen molar-refractivity contribution in [3.8, 4) is 0 Å². The molecule has 1 fully saturated rings. The third kappa shape index (κ3) is 2.50. The SMILES string of the molecule is Cc1cccc(C2(c3ccncc3)NC(=S)N3CC(F)(F)CN=C32)c1. The van der Waals surface area contributed by atoms with E-state index < -0.39 is 24.6 Å². The normalized spacial score (nSPS) is 24.5. The number of nitrogens with one attached hydrogen (secondary N) is 1. The Labute approximate surface area is 149 Å². The van der Waals surface area contributed by atoms with Gasteiger partial charge < -0.3 is 5.32 Å². The quantitative estimate of drug-likeness (QED) is 0.838. The van der Waals surface area contributed by atoms with Crippen molar-refractivity contribution >= 4 is 23.2 Å². The van der Waals surface area contributed by atoms with Crippen LogP contribution in [0, 0.1) is 6.92 Å². The van der Waals surface area contributed by atoms with Gasteiger partial charge >= 0.3 is 0 Å². The molecule has 1 N–H and O–H groups in total. The Morgan fingerprint density at radius 2 is 1.92 bits per heavy atom. The van der Waals surface area contributed by atoms with Gasteiger partial charge in [-0.05, 0) is 42.4 Å². The molecule has 0 saturated carbocycles. The van der Waals surface area contributed by atoms with E-state index >= 15 is 0 Å². The van der Waals surface area contributed by atoms with Gasteiger partial charge in [-0.25, -0.2) is 8.78 Å². The summed E-state index contributed by atoms with van der Waals surface area (Å²) in [5, 5.41) is 3.53. The molecule has 1 atom stereocenters. The van der Waals surface area contributed by atoms with Crippen molar-refractivity contribution < 1.29 is 8.78 Å². The van der Waals surface area contributed by atoms with Crippen molar-refractivity contribution in [2.75, 3.05) is 13.1 Å². The molecule has 0 aliphatic carbocycles. The average Bonchev–Trinajstić information content (AvgIpc) is 2.88. The second-order valence-electron chi connectivity index (χ2n) is 6.37. The number of hydrogen-bond donors (Lipinski definition) is 1. The number of fused-ring (bicyclic) bond motifs is 1. The van der Waals surface area contributed by atoms with Crippen molar-refractivity contribution in [2.45, 2.75) is 18.4 Å². The molecule has 0 spiro atoms. The second-order valence-corrected chi connectivity index (χ2v) is 6.75. The fourth-order valence-electron chi connectivity index (χ4n) is 3.45. The van der Waals surface area contributed by atoms with Gasteiger partial charge in [0, 0.05) is 12.4 Å². The maximum atomic E-state index is 13.9. The standard InChI is InChI=1S/C18H16F2N4S/c1-12-3-2-4-14(9-12)18(13-5-7-21-8-6-13)15-22-10-17(19,20)11-24(15)16(25)23-18/h2-9H,10-11H2,1H3,(H,23,25). The minimum Gasteiger partial charge on any atom is -0.342 e. The fourth-order valence-corrected chi connectivity index (χ4v) is 3.76. The summed E-state index contributed by atoms with van der Waals surface area (Å²) >= 11 is 5.39. The smallest absolute Gasteiger partial charge is 0.284 e. The molecule has 0 radical (unpaired) electrons. The molecule has 0 amide bonds. The first kappa shape index (κ1) is 16.1. The number of hydrogen-bond acceptors (Lipinski definition) is 3. The maximum Gasteiger partial charge on any atom is 0.284 e. The molecule has 3 heterocycles. The number of benzene rings is 1. The zero-order valence-electron chi connectivity index (χ0n) is 13.5. The second kappa shape index (κ2) is 5.56. The van der Waals surface area contributed by atoms with E-state index in [0.717, 1.165) is 16.7 Å². The lowest BCUT2D eigenvalue weighted by Gasteiger charge is -2.35. The minimum absolute atomic E-state index is 0.261. The van der Waals surface area contributed by atoms with Crippen LogP contribution in [0.1, 0.15) is 16.7 Å². The summed E-state index contributed by atoms with van der Waals surface area (Å²) in [5.41, 5.74) is 1.95. The minimum atomic E-state index is -2.89. The summed E-state index contributed by atoms with van der Waals surface area (Å²) in [6, 6.07) is 11.6. The van der Waals surface area contributed by atoms with Crippen LogP contribution in [0.3, 0.4) is 0 Å². The predicted molar refractivity (Wildman–Crippen MR) is 95.9 cm³/mol. The Morgan fingerprint density at radius 1 is 1.16 bits per heavy atom. The molecule has 1 saturated heterocycles. The number of aromatic nitrogens is 1. The van der Waals surface area contributed by atoms with E-state index in [1.807, 2.05) is 43.3 Å². The summed E-state index contributed by atoms with van der Waals surface area (Å²) < 4.78 is 27.8. The third-order valence-electron chi connectivity index (χ3n) is 4.54. The molecule has 0 bridgehead atoms. The van der Waals surface area contributed by atoms with E-state index in [-0.39, 0.29) is 5.11 Å². The summed E-state index contributed by atoms with van der Waals surface area (Å²) in [6.07, 6.45) is 3.36. The Hall–Kier alpha value is -2.41. The van der Waals surface area contributed by atoms with Crippen LogP contribution in [-0.2, 0) is 5.54 Å². The van der Waals surface area contributed by atoms with Crippen LogP contribution in [0.15, 0.2) is 53.8 Å². The van der Waals surface area contributed by atoms with Crippen molar-refractivity contribution in [2.24, 2.45) is 4.99 Å². The zero-order valence-corrected chi connectivity index (χ0v) is 14.4. The molecular formula is C18H16F2N4S. The highest BCUT2D eigenvalue weighted by Gasteiger charge is 2.54. The van der Waals surface area contributed by atoms with Crippen LogP contribution in [0.2, 0.25) is 0 Å². The van der Waals surface area contributed by atoms with E-state index in [1.54, 1.807) is 12.4 Å². The van der Waals surface area contributed by atoms with Gasteiger partial charge in [0.1, 0.15) is 17.9 Å². The highest BCUT2D eigenvalue weighted by atomic mass is 32.1. The van der Waals surface area contributed by atoms with E-state index in [1.165, 1.54) is 4.90 Å². The lowest BCUT2D eigenvalue weighted by atomic mass is 9.81. The lowest BCUT2D eigenvalue weighted by molar-refractivity contribution is -0.00368. The average molecular weight is 358 g/mol. The topological polar surface area (TPSA) is 40.5 Å². The Bertz CT molecular complexity index is 868. The van der Waals surface area contributed by atoms with E-state index in [0.29, 0.717) is 5.84 Å². The largest absolute Gasteiger partial charge is 0.342 e. The predicted octanol–water partition coefficient (Wildman–Crippen LogP) is 2.87. The molecule has 2 aromatic rings. The summed E-state index contributed by atoms with van der Waals surface area (Å²) in [5.74, 6) is -2.38. The molecule has 1 aromatic heterocycles. The fraction of sp³-hybridized carbons (Fsp3) is 0.278. The number of aryl methyl sites for hydroxylation is 1. The van der Waals surface area contributed by atoms with Crippen molar-refractivity contribution in [3.05, 3.63) is 65.5 Å². The number of nitrogens with zero attached hydrogens (tertiary/aromatic N) is 3. The number of aliphatic imine (C=N–C) groups is 1. The van der Waals surface area contributed by atoms with Crippen molar-refractivity contribution in [1.29, 1.82) is 0 Å². The van der Waals surface area contributed by atoms with Gasteiger partial charge in [-0.2, -0.15) is 0 Å². The summed E-state index contributed by atoms with van der Waals surface area (Å²) in [4.78, 5) is 9.74. The van der Waals surface area contributed by atoms with Crippen LogP contribution in [0.25, 0.3) is 0 Å². The van der Waals surface area contributed by atoms with Gasteiger partial charge in [0.2, 0.25) is 0 Å². The van der Waals surface area contributed by atoms with Gasteiger partial charge in [0.05, 0.1) is 6.54 Å². The first-order valence-corrected chi connectivity index (χ1v) is 8.33. The zero-order chi connectivity index (χ0) is 17.7. The number of halogens is 2. The molecular weight excluding hydrogens is 342 g/mol. The van der Waals surface area contributed by atoms with E-state index in [9.17, 15) is 8.78 Å². The monoisotopic (exact) mass is 358 g/mol.